The minimum absolute atomic E-state index is 0.196. The van der Waals surface area contributed by atoms with Crippen LogP contribution in [0.1, 0.15) is 16.8 Å². The van der Waals surface area contributed by atoms with Gasteiger partial charge >= 0.3 is 12.1 Å². The fourth-order valence-electron chi connectivity index (χ4n) is 2.49. The second-order valence-electron chi connectivity index (χ2n) is 6.02. The van der Waals surface area contributed by atoms with Gasteiger partial charge in [-0.25, -0.2) is 14.2 Å². The summed E-state index contributed by atoms with van der Waals surface area (Å²) in [5, 5.41) is 15.6. The van der Waals surface area contributed by atoms with E-state index in [9.17, 15) is 17.6 Å². The van der Waals surface area contributed by atoms with Crippen LogP contribution in [0.25, 0.3) is 21.3 Å². The minimum atomic E-state index is -5.08. The lowest BCUT2D eigenvalue weighted by molar-refractivity contribution is -0.192. The first-order valence-corrected chi connectivity index (χ1v) is 9.45. The van der Waals surface area contributed by atoms with Gasteiger partial charge in [0.05, 0.1) is 23.2 Å². The Morgan fingerprint density at radius 2 is 1.74 bits per heavy atom. The molecule has 4 rings (SSSR count). The van der Waals surface area contributed by atoms with Gasteiger partial charge in [0, 0.05) is 5.56 Å². The highest BCUT2D eigenvalue weighted by Gasteiger charge is 2.38. The predicted molar refractivity (Wildman–Crippen MR) is 104 cm³/mol. The molecule has 0 radical (unpaired) electrons. The summed E-state index contributed by atoms with van der Waals surface area (Å²) in [7, 11) is 0. The number of halogens is 4. The number of nitrogens with zero attached hydrogens (tertiary/aromatic N) is 3. The second-order valence-corrected chi connectivity index (χ2v) is 7.11. The maximum absolute atomic E-state index is 14.9. The molecule has 3 N–H and O–H groups in total. The molecule has 0 unspecified atom stereocenters. The van der Waals surface area contributed by atoms with Crippen LogP contribution >= 0.6 is 11.3 Å². The molecular weight excluding hydrogens is 440 g/mol. The lowest BCUT2D eigenvalue weighted by Gasteiger charge is -2.03. The molecule has 2 aromatic heterocycles. The van der Waals surface area contributed by atoms with Crippen LogP contribution < -0.4 is 5.73 Å². The van der Waals surface area contributed by atoms with Crippen LogP contribution in [0.3, 0.4) is 0 Å². The van der Waals surface area contributed by atoms with E-state index >= 15 is 0 Å². The number of aromatic nitrogens is 3. The first kappa shape index (κ1) is 22.3. The average Bonchev–Trinajstić information content (AvgIpc) is 3.36. The third-order valence-corrected chi connectivity index (χ3v) is 4.92. The smallest absolute Gasteiger partial charge is 0.475 e. The van der Waals surface area contributed by atoms with Gasteiger partial charge in [0.2, 0.25) is 11.8 Å². The quantitative estimate of drug-likeness (QED) is 0.445. The zero-order valence-corrected chi connectivity index (χ0v) is 16.4. The molecule has 0 bridgehead atoms. The van der Waals surface area contributed by atoms with Crippen LogP contribution in [0.4, 0.5) is 17.6 Å². The van der Waals surface area contributed by atoms with Gasteiger partial charge in [-0.15, -0.1) is 21.5 Å². The number of benzene rings is 2. The topological polar surface area (TPSA) is 115 Å². The van der Waals surface area contributed by atoms with E-state index in [1.165, 1.54) is 11.3 Å². The zero-order chi connectivity index (χ0) is 22.6. The van der Waals surface area contributed by atoms with Gasteiger partial charge in [0.1, 0.15) is 10.8 Å². The van der Waals surface area contributed by atoms with Crippen molar-refractivity contribution in [2.75, 3.05) is 0 Å². The van der Waals surface area contributed by atoms with Gasteiger partial charge < -0.3 is 15.3 Å². The SMILES string of the molecule is NCc1nnc(Cc2nc3ccc(-c4ccccc4)c(F)c3s2)o1.O=C(O)C(F)(F)F. The van der Waals surface area contributed by atoms with Crippen LogP contribution in [0, 0.1) is 5.82 Å². The average molecular weight is 454 g/mol. The molecule has 162 valence electrons. The van der Waals surface area contributed by atoms with Gasteiger partial charge in [0.15, 0.2) is 0 Å². The Morgan fingerprint density at radius 1 is 1.10 bits per heavy atom. The van der Waals surface area contributed by atoms with Crippen molar-refractivity contribution < 1.29 is 31.9 Å². The van der Waals surface area contributed by atoms with E-state index in [1.807, 2.05) is 36.4 Å². The third-order valence-electron chi connectivity index (χ3n) is 3.85. The number of thiazole rings is 1. The number of fused-ring (bicyclic) bond motifs is 1. The Kier molecular flexibility index (Phi) is 6.61. The summed E-state index contributed by atoms with van der Waals surface area (Å²) < 4.78 is 52.5. The van der Waals surface area contributed by atoms with Gasteiger partial charge in [-0.3, -0.25) is 0 Å². The van der Waals surface area contributed by atoms with E-state index in [4.69, 9.17) is 20.1 Å². The minimum Gasteiger partial charge on any atom is -0.475 e. The van der Waals surface area contributed by atoms with E-state index < -0.39 is 12.1 Å². The third kappa shape index (κ3) is 5.41. The summed E-state index contributed by atoms with van der Waals surface area (Å²) in [5.74, 6) is -2.20. The van der Waals surface area contributed by atoms with Crippen LogP contribution in [0.2, 0.25) is 0 Å². The maximum atomic E-state index is 14.9. The van der Waals surface area contributed by atoms with Crippen LogP contribution in [0.5, 0.6) is 0 Å². The van der Waals surface area contributed by atoms with Crippen LogP contribution in [0.15, 0.2) is 46.9 Å². The van der Waals surface area contributed by atoms with Crippen molar-refractivity contribution in [3.8, 4) is 11.1 Å². The molecule has 7 nitrogen and oxygen atoms in total. The van der Waals surface area contributed by atoms with Crippen LogP contribution in [-0.4, -0.2) is 32.4 Å². The molecule has 0 aliphatic carbocycles. The molecule has 0 fully saturated rings. The number of carboxylic acid groups (broad SMARTS) is 1. The maximum Gasteiger partial charge on any atom is 0.490 e. The van der Waals surface area contributed by atoms with E-state index in [1.54, 1.807) is 6.07 Å². The fraction of sp³-hybridized carbons (Fsp3) is 0.158. The van der Waals surface area contributed by atoms with Gasteiger partial charge in [0.25, 0.3) is 0 Å². The number of alkyl halides is 3. The number of aliphatic carboxylic acids is 1. The van der Waals surface area contributed by atoms with Crippen molar-refractivity contribution in [1.29, 1.82) is 0 Å². The summed E-state index contributed by atoms with van der Waals surface area (Å²) in [5.41, 5.74) is 7.50. The lowest BCUT2D eigenvalue weighted by Crippen LogP contribution is -2.21. The van der Waals surface area contributed by atoms with Crippen molar-refractivity contribution in [2.24, 2.45) is 5.73 Å². The summed E-state index contributed by atoms with van der Waals surface area (Å²) in [6, 6.07) is 13.1. The first-order chi connectivity index (χ1) is 14.7. The summed E-state index contributed by atoms with van der Waals surface area (Å²) >= 11 is 1.30. The molecule has 2 heterocycles. The summed E-state index contributed by atoms with van der Waals surface area (Å²) in [4.78, 5) is 13.4. The largest absolute Gasteiger partial charge is 0.490 e. The van der Waals surface area contributed by atoms with Crippen molar-refractivity contribution in [1.82, 2.24) is 15.2 Å². The number of rotatable bonds is 4. The molecule has 0 saturated carbocycles. The summed E-state index contributed by atoms with van der Waals surface area (Å²) in [6.07, 6.45) is -4.72. The molecule has 12 heteroatoms. The zero-order valence-electron chi connectivity index (χ0n) is 15.6. The highest BCUT2D eigenvalue weighted by atomic mass is 32.1. The number of carboxylic acids is 1. The highest BCUT2D eigenvalue weighted by molar-refractivity contribution is 7.18. The number of hydrogen-bond acceptors (Lipinski definition) is 7. The number of nitrogens with two attached hydrogens (primary N) is 1. The molecule has 31 heavy (non-hydrogen) atoms. The predicted octanol–water partition coefficient (Wildman–Crippen LogP) is 4.17. The lowest BCUT2D eigenvalue weighted by atomic mass is 10.1. The Morgan fingerprint density at radius 3 is 2.32 bits per heavy atom. The fourth-order valence-corrected chi connectivity index (χ4v) is 3.49. The Bertz CT molecular complexity index is 1190. The van der Waals surface area contributed by atoms with Crippen molar-refractivity contribution in [3.63, 3.8) is 0 Å². The van der Waals surface area contributed by atoms with E-state index in [2.05, 4.69) is 15.2 Å². The van der Waals surface area contributed by atoms with Crippen molar-refractivity contribution >= 4 is 27.5 Å². The molecule has 4 aromatic rings. The first-order valence-electron chi connectivity index (χ1n) is 8.63. The van der Waals surface area contributed by atoms with Crippen molar-refractivity contribution in [2.45, 2.75) is 19.1 Å². The standard InChI is InChI=1S/C17H13FN4OS.C2HF3O2/c18-16-11(10-4-2-1-3-5-10)6-7-12-17(16)24-15(20-12)8-13-21-22-14(9-19)23-13;3-2(4,5)1(6)7/h1-7H,8-9,19H2;(H,6,7). The van der Waals surface area contributed by atoms with Gasteiger partial charge in [-0.1, -0.05) is 30.3 Å². The number of hydrogen-bond donors (Lipinski definition) is 2. The Labute approximate surface area is 176 Å². The van der Waals surface area contributed by atoms with Crippen molar-refractivity contribution in [3.05, 3.63) is 65.1 Å². The van der Waals surface area contributed by atoms with E-state index in [0.717, 1.165) is 10.6 Å². The molecule has 0 saturated heterocycles. The molecular formula is C19H14F4N4O3S. The van der Waals surface area contributed by atoms with Gasteiger partial charge in [-0.2, -0.15) is 13.2 Å². The molecule has 0 amide bonds. The van der Waals surface area contributed by atoms with E-state index in [0.29, 0.717) is 34.0 Å². The number of carbonyl (C=O) groups is 1. The molecule has 0 aliphatic rings. The normalized spacial score (nSPS) is 11.3. The molecule has 2 aromatic carbocycles. The van der Waals surface area contributed by atoms with E-state index in [-0.39, 0.29) is 12.4 Å². The highest BCUT2D eigenvalue weighted by Crippen LogP contribution is 2.32. The Balaban J connectivity index is 0.000000339. The summed E-state index contributed by atoms with van der Waals surface area (Å²) in [6.45, 7) is 0.196. The monoisotopic (exact) mass is 454 g/mol. The molecule has 0 spiro atoms. The Hall–Kier alpha value is -3.38. The van der Waals surface area contributed by atoms with Crippen LogP contribution in [-0.2, 0) is 17.8 Å². The second kappa shape index (κ2) is 9.18. The molecule has 0 aliphatic heterocycles. The van der Waals surface area contributed by atoms with Gasteiger partial charge in [-0.05, 0) is 17.7 Å². The molecule has 0 atom stereocenters.